The molecule has 1 rings (SSSR count). The van der Waals surface area contributed by atoms with Crippen LogP contribution < -0.4 is 0 Å². The SMILES string of the molecule is C=CCc1ccccc1CC=C.OO. The van der Waals surface area contributed by atoms with Gasteiger partial charge in [-0.25, -0.2) is 0 Å². The third-order valence-corrected chi connectivity index (χ3v) is 1.85. The highest BCUT2D eigenvalue weighted by atomic mass is 17.0. The zero-order chi connectivity index (χ0) is 10.8. The van der Waals surface area contributed by atoms with E-state index in [9.17, 15) is 0 Å². The van der Waals surface area contributed by atoms with Gasteiger partial charge in [-0.15, -0.1) is 13.2 Å². The van der Waals surface area contributed by atoms with E-state index in [0.29, 0.717) is 0 Å². The largest absolute Gasteiger partial charge is 0.255 e. The molecule has 0 spiro atoms. The molecule has 0 heterocycles. The van der Waals surface area contributed by atoms with Crippen LogP contribution in [0.5, 0.6) is 0 Å². The first-order valence-corrected chi connectivity index (χ1v) is 4.37. The van der Waals surface area contributed by atoms with Crippen molar-refractivity contribution in [3.8, 4) is 0 Å². The Kier molecular flexibility index (Phi) is 7.42. The minimum atomic E-state index is 0.948. The molecule has 0 saturated carbocycles. The van der Waals surface area contributed by atoms with Gasteiger partial charge in [0.15, 0.2) is 0 Å². The summed E-state index contributed by atoms with van der Waals surface area (Å²) in [6.07, 6.45) is 5.76. The lowest BCUT2D eigenvalue weighted by molar-refractivity contribution is -0.176. The van der Waals surface area contributed by atoms with E-state index in [2.05, 4.69) is 37.4 Å². The molecule has 2 heteroatoms. The zero-order valence-electron chi connectivity index (χ0n) is 8.19. The van der Waals surface area contributed by atoms with Crippen LogP contribution in [0.15, 0.2) is 49.6 Å². The Hall–Kier alpha value is -1.38. The predicted octanol–water partition coefficient (Wildman–Crippen LogP) is 3.16. The van der Waals surface area contributed by atoms with Crippen LogP contribution in [-0.4, -0.2) is 10.5 Å². The predicted molar refractivity (Wildman–Crippen MR) is 59.5 cm³/mol. The lowest BCUT2D eigenvalue weighted by Gasteiger charge is -2.03. The Morgan fingerprint density at radius 1 is 0.929 bits per heavy atom. The Balaban J connectivity index is 0.000000791. The van der Waals surface area contributed by atoms with Gasteiger partial charge >= 0.3 is 0 Å². The summed E-state index contributed by atoms with van der Waals surface area (Å²) >= 11 is 0. The Bertz CT molecular complexity index is 250. The molecule has 0 unspecified atom stereocenters. The molecular formula is C12H16O2. The first kappa shape index (κ1) is 12.6. The number of benzene rings is 1. The Morgan fingerprint density at radius 3 is 1.57 bits per heavy atom. The van der Waals surface area contributed by atoms with E-state index in [-0.39, 0.29) is 0 Å². The summed E-state index contributed by atoms with van der Waals surface area (Å²) in [4.78, 5) is 0. The molecule has 1 aromatic rings. The summed E-state index contributed by atoms with van der Waals surface area (Å²) in [7, 11) is 0. The van der Waals surface area contributed by atoms with E-state index in [1.165, 1.54) is 11.1 Å². The molecule has 1 aromatic carbocycles. The number of rotatable bonds is 4. The molecule has 2 nitrogen and oxygen atoms in total. The van der Waals surface area contributed by atoms with Crippen LogP contribution in [0.1, 0.15) is 11.1 Å². The molecule has 0 radical (unpaired) electrons. The van der Waals surface area contributed by atoms with Gasteiger partial charge in [0.1, 0.15) is 0 Å². The monoisotopic (exact) mass is 192 g/mol. The molecule has 0 fully saturated rings. The fourth-order valence-electron chi connectivity index (χ4n) is 1.27. The maximum Gasteiger partial charge on any atom is -0.00973 e. The first-order valence-electron chi connectivity index (χ1n) is 4.37. The number of allylic oxidation sites excluding steroid dienone is 2. The maximum atomic E-state index is 6.00. The average molecular weight is 192 g/mol. The van der Waals surface area contributed by atoms with E-state index in [0.717, 1.165) is 12.8 Å². The van der Waals surface area contributed by atoms with Crippen molar-refractivity contribution in [3.05, 3.63) is 60.7 Å². The molecule has 14 heavy (non-hydrogen) atoms. The standard InChI is InChI=1S/C12H14.H2O2/c1-3-7-11-9-5-6-10-12(11)8-4-2;1-2/h3-6,9-10H,1-2,7-8H2;1-2H. The van der Waals surface area contributed by atoms with E-state index in [1.54, 1.807) is 0 Å². The van der Waals surface area contributed by atoms with Crippen LogP contribution in [0.4, 0.5) is 0 Å². The van der Waals surface area contributed by atoms with E-state index in [1.807, 2.05) is 12.2 Å². The van der Waals surface area contributed by atoms with Crippen LogP contribution in [0.3, 0.4) is 0 Å². The second kappa shape index (κ2) is 8.23. The molecule has 76 valence electrons. The summed E-state index contributed by atoms with van der Waals surface area (Å²) in [6, 6.07) is 8.40. The van der Waals surface area contributed by atoms with Crippen molar-refractivity contribution in [1.82, 2.24) is 0 Å². The Morgan fingerprint density at radius 2 is 1.29 bits per heavy atom. The van der Waals surface area contributed by atoms with E-state index < -0.39 is 0 Å². The van der Waals surface area contributed by atoms with Crippen molar-refractivity contribution in [2.24, 2.45) is 0 Å². The molecule has 0 aliphatic rings. The second-order valence-electron chi connectivity index (χ2n) is 2.75. The minimum Gasteiger partial charge on any atom is -0.255 e. The highest BCUT2D eigenvalue weighted by Gasteiger charge is 1.96. The maximum absolute atomic E-state index is 6.00. The first-order chi connectivity index (χ1) is 6.88. The third kappa shape index (κ3) is 4.03. The summed E-state index contributed by atoms with van der Waals surface area (Å²) < 4.78 is 0. The number of hydrogen-bond acceptors (Lipinski definition) is 2. The van der Waals surface area contributed by atoms with Crippen LogP contribution >= 0.6 is 0 Å². The zero-order valence-corrected chi connectivity index (χ0v) is 8.19. The fraction of sp³-hybridized carbons (Fsp3) is 0.167. The quantitative estimate of drug-likeness (QED) is 0.437. The molecule has 0 aliphatic carbocycles. The van der Waals surface area contributed by atoms with Gasteiger partial charge in [-0.05, 0) is 24.0 Å². The van der Waals surface area contributed by atoms with Gasteiger partial charge in [0.05, 0.1) is 0 Å². The average Bonchev–Trinajstić information content (AvgIpc) is 2.25. The van der Waals surface area contributed by atoms with Gasteiger partial charge in [-0.1, -0.05) is 36.4 Å². The second-order valence-corrected chi connectivity index (χ2v) is 2.75. The van der Waals surface area contributed by atoms with Gasteiger partial charge in [-0.2, -0.15) is 0 Å². The normalized spacial score (nSPS) is 8.43. The van der Waals surface area contributed by atoms with Crippen molar-refractivity contribution in [1.29, 1.82) is 0 Å². The van der Waals surface area contributed by atoms with Gasteiger partial charge in [0, 0.05) is 0 Å². The van der Waals surface area contributed by atoms with Gasteiger partial charge in [-0.3, -0.25) is 10.5 Å². The van der Waals surface area contributed by atoms with Crippen molar-refractivity contribution >= 4 is 0 Å². The number of hydrogen-bond donors (Lipinski definition) is 2. The summed E-state index contributed by atoms with van der Waals surface area (Å²) in [5.74, 6) is 0. The molecule has 0 bridgehead atoms. The lowest BCUT2D eigenvalue weighted by atomic mass is 10.0. The van der Waals surface area contributed by atoms with Crippen molar-refractivity contribution in [2.45, 2.75) is 12.8 Å². The summed E-state index contributed by atoms with van der Waals surface area (Å²) in [6.45, 7) is 7.46. The molecule has 0 amide bonds. The van der Waals surface area contributed by atoms with E-state index in [4.69, 9.17) is 10.5 Å². The highest BCUT2D eigenvalue weighted by Crippen LogP contribution is 2.10. The van der Waals surface area contributed by atoms with Gasteiger partial charge in [0.25, 0.3) is 0 Å². The van der Waals surface area contributed by atoms with E-state index >= 15 is 0 Å². The van der Waals surface area contributed by atoms with Crippen molar-refractivity contribution < 1.29 is 10.5 Å². The third-order valence-electron chi connectivity index (χ3n) is 1.85. The van der Waals surface area contributed by atoms with Crippen molar-refractivity contribution in [2.75, 3.05) is 0 Å². The van der Waals surface area contributed by atoms with Crippen LogP contribution in [0.2, 0.25) is 0 Å². The Labute approximate surface area is 84.8 Å². The summed E-state index contributed by atoms with van der Waals surface area (Å²) in [5.41, 5.74) is 2.71. The molecular weight excluding hydrogens is 176 g/mol. The van der Waals surface area contributed by atoms with Crippen LogP contribution in [-0.2, 0) is 12.8 Å². The molecule has 0 saturated heterocycles. The van der Waals surface area contributed by atoms with Crippen molar-refractivity contribution in [3.63, 3.8) is 0 Å². The minimum absolute atomic E-state index is 0.948. The van der Waals surface area contributed by atoms with Gasteiger partial charge < -0.3 is 0 Å². The summed E-state index contributed by atoms with van der Waals surface area (Å²) in [5, 5.41) is 12.0. The highest BCUT2D eigenvalue weighted by molar-refractivity contribution is 5.30. The van der Waals surface area contributed by atoms with Crippen LogP contribution in [0.25, 0.3) is 0 Å². The smallest absolute Gasteiger partial charge is 0.00973 e. The van der Waals surface area contributed by atoms with Gasteiger partial charge in [0.2, 0.25) is 0 Å². The molecule has 0 atom stereocenters. The fourth-order valence-corrected chi connectivity index (χ4v) is 1.27. The van der Waals surface area contributed by atoms with Crippen LogP contribution in [0, 0.1) is 0 Å². The molecule has 0 aromatic heterocycles. The molecule has 2 N–H and O–H groups in total. The lowest BCUT2D eigenvalue weighted by Crippen LogP contribution is -1.89. The molecule has 0 aliphatic heterocycles. The topological polar surface area (TPSA) is 40.5 Å².